The molecular formula is C15H17F3N2O. The summed E-state index contributed by atoms with van der Waals surface area (Å²) in [6, 6.07) is 4.56. The van der Waals surface area contributed by atoms with Gasteiger partial charge in [-0.1, -0.05) is 12.8 Å². The molecule has 2 unspecified atom stereocenters. The van der Waals surface area contributed by atoms with Crippen LogP contribution in [0.4, 0.5) is 13.2 Å². The van der Waals surface area contributed by atoms with E-state index in [1.165, 1.54) is 6.07 Å². The van der Waals surface area contributed by atoms with Crippen LogP contribution in [0.15, 0.2) is 18.2 Å². The number of rotatable bonds is 2. The minimum Gasteiger partial charge on any atom is -0.487 e. The van der Waals surface area contributed by atoms with E-state index < -0.39 is 11.7 Å². The van der Waals surface area contributed by atoms with E-state index in [0.29, 0.717) is 0 Å². The molecule has 0 amide bonds. The van der Waals surface area contributed by atoms with Crippen LogP contribution in [0.1, 0.15) is 43.2 Å². The molecule has 1 aromatic carbocycles. The van der Waals surface area contributed by atoms with Crippen molar-refractivity contribution in [1.29, 1.82) is 5.26 Å². The first-order chi connectivity index (χ1) is 9.91. The van der Waals surface area contributed by atoms with E-state index in [1.54, 1.807) is 6.07 Å². The minimum absolute atomic E-state index is 0.110. The van der Waals surface area contributed by atoms with Gasteiger partial charge in [0.05, 0.1) is 11.1 Å². The monoisotopic (exact) mass is 298 g/mol. The molecule has 0 spiro atoms. The maximum atomic E-state index is 12.6. The molecule has 1 aromatic rings. The SMILES string of the molecule is N#Cc1cc(C(F)(F)F)ccc1OC1CCCCCC1N. The number of nitrogens with zero attached hydrogens (tertiary/aromatic N) is 1. The average molecular weight is 298 g/mol. The summed E-state index contributed by atoms with van der Waals surface area (Å²) in [5.41, 5.74) is 5.07. The van der Waals surface area contributed by atoms with Crippen LogP contribution in [0.3, 0.4) is 0 Å². The van der Waals surface area contributed by atoms with Crippen LogP contribution >= 0.6 is 0 Å². The zero-order valence-electron chi connectivity index (χ0n) is 11.5. The normalized spacial score (nSPS) is 23.2. The summed E-state index contributed by atoms with van der Waals surface area (Å²) in [5.74, 6) is 0.174. The van der Waals surface area contributed by atoms with Crippen molar-refractivity contribution >= 4 is 0 Å². The summed E-state index contributed by atoms with van der Waals surface area (Å²) in [7, 11) is 0. The highest BCUT2D eigenvalue weighted by Crippen LogP contribution is 2.33. The van der Waals surface area contributed by atoms with Crippen LogP contribution in [-0.2, 0) is 6.18 Å². The number of hydrogen-bond acceptors (Lipinski definition) is 3. The predicted octanol–water partition coefficient (Wildman–Crippen LogP) is 3.62. The fraction of sp³-hybridized carbons (Fsp3) is 0.533. The highest BCUT2D eigenvalue weighted by molar-refractivity contribution is 5.46. The van der Waals surface area contributed by atoms with Crippen LogP contribution in [0.2, 0.25) is 0 Å². The van der Waals surface area contributed by atoms with E-state index in [0.717, 1.165) is 44.2 Å². The van der Waals surface area contributed by atoms with Crippen molar-refractivity contribution in [2.45, 2.75) is 50.4 Å². The molecule has 0 saturated heterocycles. The Morgan fingerprint density at radius 3 is 2.57 bits per heavy atom. The Morgan fingerprint density at radius 2 is 1.90 bits per heavy atom. The van der Waals surface area contributed by atoms with Crippen LogP contribution in [0.25, 0.3) is 0 Å². The fourth-order valence-electron chi connectivity index (χ4n) is 2.51. The van der Waals surface area contributed by atoms with Gasteiger partial charge >= 0.3 is 6.18 Å². The molecule has 6 heteroatoms. The van der Waals surface area contributed by atoms with Crippen LogP contribution in [-0.4, -0.2) is 12.1 Å². The first-order valence-corrected chi connectivity index (χ1v) is 6.95. The Labute approximate surface area is 121 Å². The molecule has 114 valence electrons. The molecule has 0 heterocycles. The third-order valence-electron chi connectivity index (χ3n) is 3.71. The van der Waals surface area contributed by atoms with E-state index in [2.05, 4.69) is 0 Å². The molecule has 2 atom stereocenters. The fourth-order valence-corrected chi connectivity index (χ4v) is 2.51. The summed E-state index contributed by atoms with van der Waals surface area (Å²) < 4.78 is 43.6. The molecule has 2 N–H and O–H groups in total. The smallest absolute Gasteiger partial charge is 0.416 e. The summed E-state index contributed by atoms with van der Waals surface area (Å²) in [4.78, 5) is 0. The first-order valence-electron chi connectivity index (χ1n) is 6.95. The van der Waals surface area contributed by atoms with Gasteiger partial charge in [-0.3, -0.25) is 0 Å². The van der Waals surface area contributed by atoms with Gasteiger partial charge in [0.1, 0.15) is 17.9 Å². The Hall–Kier alpha value is -1.74. The van der Waals surface area contributed by atoms with Gasteiger partial charge in [-0.25, -0.2) is 0 Å². The zero-order chi connectivity index (χ0) is 15.5. The Kier molecular flexibility index (Phi) is 4.73. The molecule has 1 aliphatic carbocycles. The number of nitriles is 1. The molecule has 21 heavy (non-hydrogen) atoms. The van der Waals surface area contributed by atoms with Crippen molar-refractivity contribution in [1.82, 2.24) is 0 Å². The van der Waals surface area contributed by atoms with Gasteiger partial charge in [-0.2, -0.15) is 18.4 Å². The van der Waals surface area contributed by atoms with Crippen LogP contribution < -0.4 is 10.5 Å². The molecular weight excluding hydrogens is 281 g/mol. The predicted molar refractivity (Wildman–Crippen MR) is 71.6 cm³/mol. The van der Waals surface area contributed by atoms with Crippen molar-refractivity contribution in [3.63, 3.8) is 0 Å². The molecule has 0 radical (unpaired) electrons. The number of halogens is 3. The van der Waals surface area contributed by atoms with E-state index >= 15 is 0 Å². The summed E-state index contributed by atoms with van der Waals surface area (Å²) in [5, 5.41) is 9.03. The van der Waals surface area contributed by atoms with Gasteiger partial charge in [0.15, 0.2) is 0 Å². The minimum atomic E-state index is -4.47. The molecule has 2 rings (SSSR count). The third kappa shape index (κ3) is 3.88. The number of ether oxygens (including phenoxy) is 1. The van der Waals surface area contributed by atoms with Crippen molar-refractivity contribution in [2.24, 2.45) is 5.73 Å². The largest absolute Gasteiger partial charge is 0.487 e. The average Bonchev–Trinajstić information content (AvgIpc) is 2.63. The molecule has 1 saturated carbocycles. The highest BCUT2D eigenvalue weighted by Gasteiger charge is 2.31. The third-order valence-corrected chi connectivity index (χ3v) is 3.71. The molecule has 0 bridgehead atoms. The van der Waals surface area contributed by atoms with Crippen molar-refractivity contribution in [3.05, 3.63) is 29.3 Å². The number of nitrogens with two attached hydrogens (primary N) is 1. The van der Waals surface area contributed by atoms with Crippen LogP contribution in [0, 0.1) is 11.3 Å². The molecule has 1 fully saturated rings. The van der Waals surface area contributed by atoms with E-state index in [-0.39, 0.29) is 23.5 Å². The van der Waals surface area contributed by atoms with E-state index in [4.69, 9.17) is 15.7 Å². The maximum absolute atomic E-state index is 12.6. The van der Waals surface area contributed by atoms with Crippen molar-refractivity contribution in [3.8, 4) is 11.8 Å². The second kappa shape index (κ2) is 6.35. The zero-order valence-corrected chi connectivity index (χ0v) is 11.5. The number of alkyl halides is 3. The summed E-state index contributed by atoms with van der Waals surface area (Å²) in [6.45, 7) is 0. The second-order valence-corrected chi connectivity index (χ2v) is 5.28. The topological polar surface area (TPSA) is 59.0 Å². The lowest BCUT2D eigenvalue weighted by atomic mass is 10.1. The van der Waals surface area contributed by atoms with Gasteiger partial charge in [0.25, 0.3) is 0 Å². The molecule has 0 aromatic heterocycles. The standard InChI is InChI=1S/C15H17F3N2O/c16-15(17,18)11-6-7-13(10(8-11)9-19)21-14-5-3-1-2-4-12(14)20/h6-8,12,14H,1-5,20H2. The Balaban J connectivity index is 2.22. The Bertz CT molecular complexity index is 537. The number of hydrogen-bond donors (Lipinski definition) is 1. The lowest BCUT2D eigenvalue weighted by Gasteiger charge is -2.23. The van der Waals surface area contributed by atoms with Gasteiger partial charge in [0, 0.05) is 6.04 Å². The van der Waals surface area contributed by atoms with Gasteiger partial charge in [-0.05, 0) is 37.5 Å². The second-order valence-electron chi connectivity index (χ2n) is 5.28. The Morgan fingerprint density at radius 1 is 1.19 bits per heavy atom. The van der Waals surface area contributed by atoms with E-state index in [1.807, 2.05) is 0 Å². The van der Waals surface area contributed by atoms with Crippen molar-refractivity contribution < 1.29 is 17.9 Å². The van der Waals surface area contributed by atoms with Gasteiger partial charge in [0.2, 0.25) is 0 Å². The van der Waals surface area contributed by atoms with Crippen molar-refractivity contribution in [2.75, 3.05) is 0 Å². The van der Waals surface area contributed by atoms with Crippen LogP contribution in [0.5, 0.6) is 5.75 Å². The van der Waals surface area contributed by atoms with Gasteiger partial charge in [-0.15, -0.1) is 0 Å². The maximum Gasteiger partial charge on any atom is 0.416 e. The lowest BCUT2D eigenvalue weighted by Crippen LogP contribution is -2.38. The van der Waals surface area contributed by atoms with Gasteiger partial charge < -0.3 is 10.5 Å². The summed E-state index contributed by atoms with van der Waals surface area (Å²) in [6.07, 6.45) is -0.0641. The quantitative estimate of drug-likeness (QED) is 0.848. The van der Waals surface area contributed by atoms with E-state index in [9.17, 15) is 13.2 Å². The molecule has 0 aliphatic heterocycles. The molecule has 3 nitrogen and oxygen atoms in total. The molecule has 1 aliphatic rings. The highest BCUT2D eigenvalue weighted by atomic mass is 19.4. The number of benzene rings is 1. The lowest BCUT2D eigenvalue weighted by molar-refractivity contribution is -0.137. The summed E-state index contributed by atoms with van der Waals surface area (Å²) >= 11 is 0. The first kappa shape index (κ1) is 15.6.